The zero-order valence-corrected chi connectivity index (χ0v) is 19.0. The van der Waals surface area contributed by atoms with Crippen LogP contribution in [0, 0.1) is 0 Å². The Bertz CT molecular complexity index is 948. The van der Waals surface area contributed by atoms with E-state index < -0.39 is 35.8 Å². The van der Waals surface area contributed by atoms with Crippen molar-refractivity contribution in [2.24, 2.45) is 0 Å². The van der Waals surface area contributed by atoms with Gasteiger partial charge in [-0.2, -0.15) is 0 Å². The summed E-state index contributed by atoms with van der Waals surface area (Å²) in [5.41, 5.74) is 0.0674. The molecule has 0 aromatic heterocycles. The number of hydrogen-bond donors (Lipinski definition) is 2. The van der Waals surface area contributed by atoms with Gasteiger partial charge < -0.3 is 29.2 Å². The normalized spacial score (nSPS) is 9.40. The molecule has 0 unspecified atom stereocenters. The Labute approximate surface area is 200 Å². The zero-order chi connectivity index (χ0) is 26.8. The van der Waals surface area contributed by atoms with Crippen LogP contribution in [0.2, 0.25) is 0 Å². The Hall–Kier alpha value is -4.48. The van der Waals surface area contributed by atoms with Crippen LogP contribution in [0.1, 0.15) is 40.5 Å². The predicted octanol–water partition coefficient (Wildman–Crippen LogP) is 1.78. The molecule has 0 aliphatic rings. The van der Waals surface area contributed by atoms with Gasteiger partial charge in [0, 0.05) is 11.6 Å². The van der Waals surface area contributed by atoms with Gasteiger partial charge in [0.05, 0.1) is 24.0 Å². The maximum atomic E-state index is 11.6. The van der Waals surface area contributed by atoms with E-state index in [9.17, 15) is 28.8 Å². The van der Waals surface area contributed by atoms with Gasteiger partial charge in [-0.1, -0.05) is 25.3 Å². The maximum absolute atomic E-state index is 11.6. The van der Waals surface area contributed by atoms with Gasteiger partial charge in [-0.3, -0.25) is 9.59 Å². The highest BCUT2D eigenvalue weighted by molar-refractivity contribution is 6.02. The fraction of sp³-hybridized carbons (Fsp3) is 0.304. The smallest absolute Gasteiger partial charge is 0.339 e. The minimum absolute atomic E-state index is 0.0509. The van der Waals surface area contributed by atoms with Crippen LogP contribution < -0.4 is 0 Å². The van der Waals surface area contributed by atoms with Crippen molar-refractivity contribution in [1.29, 1.82) is 0 Å². The molecule has 1 aromatic rings. The number of ether oxygens (including phenoxy) is 4. The monoisotopic (exact) mass is 494 g/mol. The molecule has 0 aliphatic heterocycles. The van der Waals surface area contributed by atoms with Gasteiger partial charge in [-0.25, -0.2) is 19.2 Å². The van der Waals surface area contributed by atoms with Crippen molar-refractivity contribution in [1.82, 2.24) is 0 Å². The van der Waals surface area contributed by atoms with Crippen molar-refractivity contribution in [3.63, 3.8) is 0 Å². The molecule has 12 heteroatoms. The highest BCUT2D eigenvalue weighted by Gasteiger charge is 2.16. The van der Waals surface area contributed by atoms with E-state index in [0.29, 0.717) is 0 Å². The van der Waals surface area contributed by atoms with E-state index in [1.165, 1.54) is 31.2 Å². The molecule has 0 spiro atoms. The van der Waals surface area contributed by atoms with Crippen molar-refractivity contribution in [2.75, 3.05) is 26.4 Å². The largest absolute Gasteiger partial charge is 0.481 e. The number of hydrogen-bond acceptors (Lipinski definition) is 10. The van der Waals surface area contributed by atoms with Crippen LogP contribution in [-0.4, -0.2) is 72.5 Å². The summed E-state index contributed by atoms with van der Waals surface area (Å²) in [6.45, 7) is 7.65. The summed E-state index contributed by atoms with van der Waals surface area (Å²) >= 11 is 0. The molecule has 0 saturated heterocycles. The van der Waals surface area contributed by atoms with Crippen molar-refractivity contribution in [2.45, 2.75) is 19.8 Å². The lowest BCUT2D eigenvalue weighted by molar-refractivity contribution is -0.151. The molecule has 0 fully saturated rings. The van der Waals surface area contributed by atoms with Gasteiger partial charge in [-0.05, 0) is 19.1 Å². The molecule has 2 N–H and O–H groups in total. The second-order valence-corrected chi connectivity index (χ2v) is 6.39. The second-order valence-electron chi connectivity index (χ2n) is 6.39. The first-order chi connectivity index (χ1) is 16.5. The molecule has 1 aromatic carbocycles. The second kappa shape index (κ2) is 17.1. The van der Waals surface area contributed by atoms with E-state index in [4.69, 9.17) is 14.9 Å². The Morgan fingerprint density at radius 3 is 1.91 bits per heavy atom. The number of esters is 4. The number of aromatic carboxylic acids is 1. The molecule has 0 bridgehead atoms. The number of benzene rings is 1. The van der Waals surface area contributed by atoms with E-state index in [0.717, 1.165) is 6.08 Å². The van der Waals surface area contributed by atoms with Crippen LogP contribution in [0.3, 0.4) is 0 Å². The number of aliphatic carboxylic acids is 1. The molecule has 0 heterocycles. The van der Waals surface area contributed by atoms with Gasteiger partial charge in [-0.15, -0.1) is 0 Å². The summed E-state index contributed by atoms with van der Waals surface area (Å²) < 4.78 is 18.7. The molecule has 0 amide bonds. The minimum Gasteiger partial charge on any atom is -0.481 e. The third kappa shape index (κ3) is 14.3. The summed E-state index contributed by atoms with van der Waals surface area (Å²) in [5, 5.41) is 17.2. The summed E-state index contributed by atoms with van der Waals surface area (Å²) in [6.07, 6.45) is 0.524. The highest BCUT2D eigenvalue weighted by atomic mass is 16.6. The molecule has 0 radical (unpaired) electrons. The van der Waals surface area contributed by atoms with E-state index in [2.05, 4.69) is 27.4 Å². The number of carboxylic acid groups (broad SMARTS) is 2. The third-order valence-corrected chi connectivity index (χ3v) is 3.58. The van der Waals surface area contributed by atoms with E-state index in [-0.39, 0.29) is 56.0 Å². The molecule has 0 atom stereocenters. The van der Waals surface area contributed by atoms with Crippen molar-refractivity contribution in [3.8, 4) is 0 Å². The lowest BCUT2D eigenvalue weighted by Crippen LogP contribution is -2.15. The average Bonchev–Trinajstić information content (AvgIpc) is 2.82. The van der Waals surface area contributed by atoms with E-state index in [1.807, 2.05) is 0 Å². The van der Waals surface area contributed by atoms with E-state index in [1.54, 1.807) is 0 Å². The third-order valence-electron chi connectivity index (χ3n) is 3.58. The summed E-state index contributed by atoms with van der Waals surface area (Å²) in [4.78, 5) is 65.1. The Morgan fingerprint density at radius 1 is 0.829 bits per heavy atom. The molecule has 12 nitrogen and oxygen atoms in total. The lowest BCUT2D eigenvalue weighted by Gasteiger charge is -2.07. The first-order valence-electron chi connectivity index (χ1n) is 9.98. The number of rotatable bonds is 13. The van der Waals surface area contributed by atoms with E-state index >= 15 is 0 Å². The molecule has 1 rings (SSSR count). The summed E-state index contributed by atoms with van der Waals surface area (Å²) in [5.74, 6) is -4.87. The Balaban J connectivity index is 0.000000672. The lowest BCUT2D eigenvalue weighted by atomic mass is 10.1. The molecule has 35 heavy (non-hydrogen) atoms. The van der Waals surface area contributed by atoms with Crippen molar-refractivity contribution in [3.05, 3.63) is 60.2 Å². The van der Waals surface area contributed by atoms with Crippen LogP contribution in [0.5, 0.6) is 0 Å². The minimum atomic E-state index is -1.22. The molecular formula is C23H26O12. The molecule has 0 aliphatic carbocycles. The average molecular weight is 494 g/mol. The van der Waals surface area contributed by atoms with Gasteiger partial charge in [0.25, 0.3) is 0 Å². The van der Waals surface area contributed by atoms with Crippen LogP contribution in [0.15, 0.2) is 49.1 Å². The number of carboxylic acids is 2. The van der Waals surface area contributed by atoms with Gasteiger partial charge >= 0.3 is 35.8 Å². The highest BCUT2D eigenvalue weighted by Crippen LogP contribution is 2.10. The quantitative estimate of drug-likeness (QED) is 0.176. The van der Waals surface area contributed by atoms with Gasteiger partial charge in [0.15, 0.2) is 0 Å². The fourth-order valence-electron chi connectivity index (χ4n) is 1.96. The van der Waals surface area contributed by atoms with Crippen LogP contribution in [0.25, 0.3) is 0 Å². The molecule has 190 valence electrons. The number of carbonyl (C=O) groups excluding carboxylic acids is 4. The SMILES string of the molecule is C=C(C)C(=O)OCCOC(=O)CCC(=O)O.C=CC(=O)OCCOC(=O)c1ccccc1C(=O)O. The number of carbonyl (C=O) groups is 6. The summed E-state index contributed by atoms with van der Waals surface area (Å²) in [6, 6.07) is 5.69. The first-order valence-corrected chi connectivity index (χ1v) is 9.98. The fourth-order valence-corrected chi connectivity index (χ4v) is 1.96. The van der Waals surface area contributed by atoms with Gasteiger partial charge in [0.2, 0.25) is 0 Å². The van der Waals surface area contributed by atoms with Crippen molar-refractivity contribution >= 4 is 35.8 Å². The first kappa shape index (κ1) is 30.5. The maximum Gasteiger partial charge on any atom is 0.339 e. The zero-order valence-electron chi connectivity index (χ0n) is 19.0. The standard InChI is InChI=1S/C13H12O6.C10H14O6/c1-2-11(14)18-7-8-19-13(17)10-6-4-3-5-9(10)12(15)16;1-7(2)10(14)16-6-5-15-9(13)4-3-8(11)12/h2-6H,1,7-8H2,(H,15,16);1,3-6H2,2H3,(H,11,12). The van der Waals surface area contributed by atoms with Crippen molar-refractivity contribution < 1.29 is 57.9 Å². The summed E-state index contributed by atoms with van der Waals surface area (Å²) in [7, 11) is 0. The van der Waals surface area contributed by atoms with Crippen LogP contribution >= 0.6 is 0 Å². The van der Waals surface area contributed by atoms with Crippen LogP contribution in [-0.2, 0) is 38.1 Å². The van der Waals surface area contributed by atoms with Crippen LogP contribution in [0.4, 0.5) is 0 Å². The predicted molar refractivity (Wildman–Crippen MR) is 118 cm³/mol. The van der Waals surface area contributed by atoms with Gasteiger partial charge in [0.1, 0.15) is 26.4 Å². The topological polar surface area (TPSA) is 180 Å². The molecule has 0 saturated carbocycles. The Kier molecular flexibility index (Phi) is 14.9. The Morgan fingerprint density at radius 2 is 1.37 bits per heavy atom. The molecular weight excluding hydrogens is 468 g/mol.